The molecule has 0 radical (unpaired) electrons. The van der Waals surface area contributed by atoms with Crippen molar-refractivity contribution in [3.8, 4) is 17.5 Å². The molecule has 6 heterocycles. The lowest BCUT2D eigenvalue weighted by Crippen LogP contribution is -2.43. The molecule has 3 aromatic carbocycles. The van der Waals surface area contributed by atoms with Crippen molar-refractivity contribution < 1.29 is 41.3 Å². The maximum atomic E-state index is 15.3. The van der Waals surface area contributed by atoms with Crippen LogP contribution in [0.15, 0.2) is 78.6 Å². The first-order valence-corrected chi connectivity index (χ1v) is 22.7. The van der Waals surface area contributed by atoms with E-state index < -0.39 is 28.4 Å². The van der Waals surface area contributed by atoms with E-state index in [0.717, 1.165) is 36.2 Å². The zero-order valence-electron chi connectivity index (χ0n) is 37.9. The molecule has 0 spiro atoms. The van der Waals surface area contributed by atoms with E-state index in [2.05, 4.69) is 14.9 Å². The molecule has 0 N–H and O–H groups in total. The van der Waals surface area contributed by atoms with Crippen LogP contribution in [0.4, 0.5) is 29.1 Å². The average Bonchev–Trinajstić information content (AvgIpc) is 3.97. The summed E-state index contributed by atoms with van der Waals surface area (Å²) in [6.07, 6.45) is -2.34. The molecule has 67 heavy (non-hydrogen) atoms. The molecule has 13 nitrogen and oxygen atoms in total. The van der Waals surface area contributed by atoms with Gasteiger partial charge in [0.2, 0.25) is 0 Å². The summed E-state index contributed by atoms with van der Waals surface area (Å²) in [5.74, 6) is 1.66. The standard InChI is InChI=1S/C49H53ClF4N8O5/c1-58(2)46(63)42-21-35-28-59(16-6-18-62(35)57-42)45-39-29-66-43(22-41(39)55-47(56-45)67-30-48-15-5-17-61(48)27-33(23-48)24-51)38-19-34(20-40(50)44(38)49(52,53)54)60(25-31-7-11-36(64-3)12-8-31)26-32-9-13-37(65-4)14-10-32/h7-14,19-21,24,43H,5-6,15-18,22-23,25-30H2,1-4H3/b33-24-/t43?,48-/m0/s1. The molecule has 0 aliphatic carbocycles. The van der Waals surface area contributed by atoms with Crippen LogP contribution in [-0.2, 0) is 50.1 Å². The first-order valence-electron chi connectivity index (χ1n) is 22.4. The maximum Gasteiger partial charge on any atom is 0.418 e. The lowest BCUT2D eigenvalue weighted by molar-refractivity contribution is -0.139. The second-order valence-corrected chi connectivity index (χ2v) is 18.3. The fraction of sp³-hybridized carbons (Fsp3) is 0.429. The third-order valence-electron chi connectivity index (χ3n) is 13.3. The third kappa shape index (κ3) is 9.63. The van der Waals surface area contributed by atoms with Gasteiger partial charge in [-0.3, -0.25) is 14.4 Å². The molecule has 4 aliphatic rings. The predicted molar refractivity (Wildman–Crippen MR) is 244 cm³/mol. The summed E-state index contributed by atoms with van der Waals surface area (Å²) in [5, 5.41) is 4.15. The van der Waals surface area contributed by atoms with E-state index in [4.69, 9.17) is 40.5 Å². The molecule has 2 aromatic heterocycles. The summed E-state index contributed by atoms with van der Waals surface area (Å²) in [7, 11) is 6.52. The number of carbonyl (C=O) groups excluding carboxylic acids is 1. The summed E-state index contributed by atoms with van der Waals surface area (Å²) >= 11 is 6.73. The van der Waals surface area contributed by atoms with Crippen molar-refractivity contribution in [2.75, 3.05) is 64.4 Å². The van der Waals surface area contributed by atoms with Gasteiger partial charge in [-0.05, 0) is 97.0 Å². The van der Waals surface area contributed by atoms with Crippen LogP contribution < -0.4 is 24.0 Å². The Morgan fingerprint density at radius 3 is 2.28 bits per heavy atom. The Hall–Kier alpha value is -5.91. The number of hydrogen-bond donors (Lipinski definition) is 0. The zero-order valence-corrected chi connectivity index (χ0v) is 38.7. The van der Waals surface area contributed by atoms with E-state index in [1.165, 1.54) is 17.0 Å². The van der Waals surface area contributed by atoms with Crippen molar-refractivity contribution in [3.05, 3.63) is 129 Å². The van der Waals surface area contributed by atoms with Crippen molar-refractivity contribution in [2.24, 2.45) is 0 Å². The highest BCUT2D eigenvalue weighted by molar-refractivity contribution is 6.31. The van der Waals surface area contributed by atoms with Crippen LogP contribution >= 0.6 is 11.6 Å². The minimum Gasteiger partial charge on any atom is -0.497 e. The van der Waals surface area contributed by atoms with Gasteiger partial charge in [0.25, 0.3) is 5.91 Å². The van der Waals surface area contributed by atoms with E-state index in [1.807, 2.05) is 58.1 Å². The first-order chi connectivity index (χ1) is 32.2. The lowest BCUT2D eigenvalue weighted by atomic mass is 9.93. The summed E-state index contributed by atoms with van der Waals surface area (Å²) in [5.41, 5.74) is 3.70. The molecule has 2 saturated heterocycles. The van der Waals surface area contributed by atoms with Gasteiger partial charge in [-0.1, -0.05) is 35.9 Å². The lowest BCUT2D eigenvalue weighted by Gasteiger charge is -2.33. The summed E-state index contributed by atoms with van der Waals surface area (Å²) in [6, 6.07) is 19.8. The van der Waals surface area contributed by atoms with E-state index >= 15 is 13.2 Å². The second-order valence-electron chi connectivity index (χ2n) is 17.9. The largest absolute Gasteiger partial charge is 0.497 e. The molecule has 0 saturated carbocycles. The van der Waals surface area contributed by atoms with Gasteiger partial charge < -0.3 is 33.6 Å². The maximum absolute atomic E-state index is 15.3. The molecule has 354 valence electrons. The van der Waals surface area contributed by atoms with Crippen molar-refractivity contribution in [1.82, 2.24) is 29.5 Å². The molecule has 4 aliphatic heterocycles. The fourth-order valence-electron chi connectivity index (χ4n) is 9.87. The molecule has 0 bridgehead atoms. The molecule has 2 fully saturated rings. The SMILES string of the molecule is COc1ccc(CN(Cc2ccc(OC)cc2)c2cc(Cl)c(C(F)(F)F)c(C3Cc4nc(OC[C@@]56CCCN5C/C(=C\F)C6)nc(N5CCCn6nc(C(=O)N(C)C)cc6C5)c4CO3)c2)cc1. The summed E-state index contributed by atoms with van der Waals surface area (Å²) in [6.45, 7) is 3.59. The van der Waals surface area contributed by atoms with Crippen LogP contribution in [0, 0.1) is 0 Å². The van der Waals surface area contributed by atoms with Crippen LogP contribution in [-0.4, -0.2) is 95.6 Å². The van der Waals surface area contributed by atoms with Crippen LogP contribution in [0.25, 0.3) is 0 Å². The van der Waals surface area contributed by atoms with Gasteiger partial charge in [0.05, 0.1) is 67.3 Å². The molecular weight excluding hydrogens is 892 g/mol. The van der Waals surface area contributed by atoms with Gasteiger partial charge in [-0.25, -0.2) is 4.39 Å². The normalized spacial score (nSPS) is 20.0. The molecule has 1 unspecified atom stereocenters. The highest BCUT2D eigenvalue weighted by Crippen LogP contribution is 2.47. The zero-order chi connectivity index (χ0) is 47.0. The number of amides is 1. The van der Waals surface area contributed by atoms with Gasteiger partial charge in [0, 0.05) is 64.5 Å². The Morgan fingerprint density at radius 2 is 1.64 bits per heavy atom. The van der Waals surface area contributed by atoms with Crippen molar-refractivity contribution in [2.45, 2.75) is 82.7 Å². The van der Waals surface area contributed by atoms with Crippen LogP contribution in [0.2, 0.25) is 5.02 Å². The Kier molecular flexibility index (Phi) is 13.1. The van der Waals surface area contributed by atoms with E-state index in [0.29, 0.717) is 104 Å². The average molecular weight is 945 g/mol. The number of benzene rings is 3. The van der Waals surface area contributed by atoms with Crippen molar-refractivity contribution >= 4 is 29.0 Å². The topological polar surface area (TPSA) is 111 Å². The van der Waals surface area contributed by atoms with Gasteiger partial charge >= 0.3 is 12.2 Å². The molecule has 18 heteroatoms. The highest BCUT2D eigenvalue weighted by atomic mass is 35.5. The molecule has 1 amide bonds. The number of rotatable bonds is 13. The molecule has 5 aromatic rings. The van der Waals surface area contributed by atoms with Gasteiger partial charge in [-0.2, -0.15) is 28.2 Å². The summed E-state index contributed by atoms with van der Waals surface area (Å²) < 4.78 is 85.2. The highest BCUT2D eigenvalue weighted by Gasteiger charge is 2.47. The third-order valence-corrected chi connectivity index (χ3v) is 13.6. The van der Waals surface area contributed by atoms with Gasteiger partial charge in [0.1, 0.15) is 23.9 Å². The van der Waals surface area contributed by atoms with Crippen LogP contribution in [0.1, 0.15) is 81.5 Å². The van der Waals surface area contributed by atoms with Crippen molar-refractivity contribution in [1.29, 1.82) is 0 Å². The quantitative estimate of drug-likeness (QED) is 0.106. The van der Waals surface area contributed by atoms with Crippen LogP contribution in [0.5, 0.6) is 17.5 Å². The number of fused-ring (bicyclic) bond motifs is 3. The minimum absolute atomic E-state index is 0.0414. The number of alkyl halides is 3. The van der Waals surface area contributed by atoms with E-state index in [1.54, 1.807) is 34.4 Å². The Bertz CT molecular complexity index is 2590. The molecule has 9 rings (SSSR count). The van der Waals surface area contributed by atoms with E-state index in [-0.39, 0.29) is 37.1 Å². The fourth-order valence-corrected chi connectivity index (χ4v) is 10.2. The first kappa shape index (κ1) is 46.2. The second kappa shape index (κ2) is 19.0. The number of halogens is 5. The number of aryl methyl sites for hydroxylation is 1. The van der Waals surface area contributed by atoms with Gasteiger partial charge in [-0.15, -0.1) is 0 Å². The number of aromatic nitrogens is 4. The number of nitrogens with zero attached hydrogens (tertiary/aromatic N) is 8. The number of anilines is 2. The van der Waals surface area contributed by atoms with E-state index in [9.17, 15) is 9.18 Å². The van der Waals surface area contributed by atoms with Gasteiger partial charge in [0.15, 0.2) is 5.69 Å². The van der Waals surface area contributed by atoms with Crippen molar-refractivity contribution in [3.63, 3.8) is 0 Å². The smallest absolute Gasteiger partial charge is 0.418 e. The number of ether oxygens (including phenoxy) is 4. The predicted octanol–water partition coefficient (Wildman–Crippen LogP) is 8.97. The number of methoxy groups -OCH3 is 2. The number of hydrogen-bond acceptors (Lipinski definition) is 11. The minimum atomic E-state index is -4.82. The molecule has 2 atom stereocenters. The Labute approximate surface area is 391 Å². The summed E-state index contributed by atoms with van der Waals surface area (Å²) in [4.78, 5) is 30.6. The number of carbonyl (C=O) groups is 1. The Balaban J connectivity index is 1.09. The molecular formula is C49H53ClF4N8O5. The Morgan fingerprint density at radius 1 is 0.940 bits per heavy atom. The van der Waals surface area contributed by atoms with Crippen LogP contribution in [0.3, 0.4) is 0 Å². The monoisotopic (exact) mass is 944 g/mol.